The lowest BCUT2D eigenvalue weighted by Crippen LogP contribution is -2.37. The monoisotopic (exact) mass is 352 g/mol. The minimum Gasteiger partial charge on any atom is -0.353 e. The van der Waals surface area contributed by atoms with E-state index in [4.69, 9.17) is 0 Å². The molecule has 1 N–H and O–H groups in total. The van der Waals surface area contributed by atoms with Crippen LogP contribution in [-0.4, -0.2) is 30.4 Å². The molecule has 0 aliphatic heterocycles. The highest BCUT2D eigenvalue weighted by Crippen LogP contribution is 2.17. The average molecular weight is 353 g/mol. The molecule has 0 saturated heterocycles. The molecule has 2 rings (SSSR count). The Morgan fingerprint density at radius 3 is 2.57 bits per heavy atom. The number of carbonyl (C=O) groups excluding carboxylic acids is 1. The van der Waals surface area contributed by atoms with Crippen molar-refractivity contribution >= 4 is 21.8 Å². The highest BCUT2D eigenvalue weighted by atomic mass is 79.9. The second-order valence-electron chi connectivity index (χ2n) is 6.02. The van der Waals surface area contributed by atoms with Gasteiger partial charge >= 0.3 is 0 Å². The van der Waals surface area contributed by atoms with Crippen molar-refractivity contribution in [3.05, 3.63) is 34.3 Å². The van der Waals surface area contributed by atoms with Crippen LogP contribution in [0.15, 0.2) is 28.7 Å². The predicted molar refractivity (Wildman–Crippen MR) is 90.1 cm³/mol. The number of amides is 1. The molecule has 0 aromatic heterocycles. The van der Waals surface area contributed by atoms with Crippen molar-refractivity contribution < 1.29 is 4.79 Å². The number of benzene rings is 1. The lowest BCUT2D eigenvalue weighted by atomic mass is 9.95. The summed E-state index contributed by atoms with van der Waals surface area (Å²) >= 11 is 3.44. The van der Waals surface area contributed by atoms with E-state index in [2.05, 4.69) is 57.5 Å². The van der Waals surface area contributed by atoms with Crippen LogP contribution in [0.2, 0.25) is 0 Å². The fourth-order valence-corrected chi connectivity index (χ4v) is 3.08. The van der Waals surface area contributed by atoms with E-state index in [1.807, 2.05) is 0 Å². The Hall–Kier alpha value is -0.870. The molecule has 0 radical (unpaired) electrons. The summed E-state index contributed by atoms with van der Waals surface area (Å²) in [7, 11) is 2.07. The maximum atomic E-state index is 12.0. The van der Waals surface area contributed by atoms with Gasteiger partial charge in [-0.1, -0.05) is 47.3 Å². The van der Waals surface area contributed by atoms with Crippen LogP contribution < -0.4 is 5.32 Å². The number of hydrogen-bond acceptors (Lipinski definition) is 2. The molecule has 1 fully saturated rings. The number of halogens is 1. The molecule has 1 aromatic carbocycles. The van der Waals surface area contributed by atoms with Crippen LogP contribution >= 0.6 is 15.9 Å². The van der Waals surface area contributed by atoms with Gasteiger partial charge in [0.2, 0.25) is 5.91 Å². The smallest absolute Gasteiger partial charge is 0.221 e. The molecule has 1 aliphatic carbocycles. The zero-order chi connectivity index (χ0) is 15.1. The SMILES string of the molecule is CN(CCC(=O)NC1CCCCC1)Cc1ccc(Br)cc1. The van der Waals surface area contributed by atoms with E-state index >= 15 is 0 Å². The number of nitrogens with one attached hydrogen (secondary N) is 1. The van der Waals surface area contributed by atoms with E-state index in [-0.39, 0.29) is 5.91 Å². The standard InChI is InChI=1S/C17H25BrN2O/c1-20(13-14-7-9-15(18)10-8-14)12-11-17(21)19-16-5-3-2-4-6-16/h7-10,16H,2-6,11-13H2,1H3,(H,19,21). The summed E-state index contributed by atoms with van der Waals surface area (Å²) in [6, 6.07) is 8.76. The lowest BCUT2D eigenvalue weighted by Gasteiger charge is -2.23. The topological polar surface area (TPSA) is 32.3 Å². The minimum atomic E-state index is 0.199. The summed E-state index contributed by atoms with van der Waals surface area (Å²) in [5, 5.41) is 3.17. The van der Waals surface area contributed by atoms with Gasteiger partial charge < -0.3 is 10.2 Å². The van der Waals surface area contributed by atoms with Crippen LogP contribution in [0, 0.1) is 0 Å². The van der Waals surface area contributed by atoms with Gasteiger partial charge in [-0.05, 0) is 37.6 Å². The third-order valence-corrected chi connectivity index (χ3v) is 4.59. The fourth-order valence-electron chi connectivity index (χ4n) is 2.82. The third-order valence-electron chi connectivity index (χ3n) is 4.06. The summed E-state index contributed by atoms with van der Waals surface area (Å²) in [5.41, 5.74) is 1.27. The lowest BCUT2D eigenvalue weighted by molar-refractivity contribution is -0.122. The van der Waals surface area contributed by atoms with Crippen molar-refractivity contribution in [3.63, 3.8) is 0 Å². The van der Waals surface area contributed by atoms with Gasteiger partial charge in [-0.2, -0.15) is 0 Å². The quantitative estimate of drug-likeness (QED) is 0.845. The zero-order valence-corrected chi connectivity index (χ0v) is 14.4. The molecule has 0 heterocycles. The first-order valence-corrected chi connectivity index (χ1v) is 8.65. The van der Waals surface area contributed by atoms with Crippen molar-refractivity contribution in [1.82, 2.24) is 10.2 Å². The summed E-state index contributed by atoms with van der Waals surface area (Å²) < 4.78 is 1.10. The molecule has 1 aliphatic rings. The van der Waals surface area contributed by atoms with Gasteiger partial charge in [0.15, 0.2) is 0 Å². The van der Waals surface area contributed by atoms with Crippen LogP contribution in [0.5, 0.6) is 0 Å². The van der Waals surface area contributed by atoms with Crippen LogP contribution in [-0.2, 0) is 11.3 Å². The summed E-state index contributed by atoms with van der Waals surface area (Å²) in [6.07, 6.45) is 6.73. The second-order valence-corrected chi connectivity index (χ2v) is 6.93. The van der Waals surface area contributed by atoms with Crippen LogP contribution in [0.4, 0.5) is 0 Å². The van der Waals surface area contributed by atoms with Gasteiger partial charge in [-0.25, -0.2) is 0 Å². The van der Waals surface area contributed by atoms with E-state index in [0.29, 0.717) is 12.5 Å². The Labute approximate surface area is 136 Å². The van der Waals surface area contributed by atoms with Gasteiger partial charge in [0.05, 0.1) is 0 Å². The molecule has 1 saturated carbocycles. The molecule has 1 aromatic rings. The zero-order valence-electron chi connectivity index (χ0n) is 12.8. The van der Waals surface area contributed by atoms with Crippen LogP contribution in [0.1, 0.15) is 44.1 Å². The van der Waals surface area contributed by atoms with Gasteiger partial charge in [-0.3, -0.25) is 4.79 Å². The van der Waals surface area contributed by atoms with Crippen LogP contribution in [0.25, 0.3) is 0 Å². The fraction of sp³-hybridized carbons (Fsp3) is 0.588. The van der Waals surface area contributed by atoms with E-state index in [9.17, 15) is 4.79 Å². The first-order valence-electron chi connectivity index (χ1n) is 7.86. The maximum Gasteiger partial charge on any atom is 0.221 e. The van der Waals surface area contributed by atoms with Crippen molar-refractivity contribution in [3.8, 4) is 0 Å². The Morgan fingerprint density at radius 2 is 1.90 bits per heavy atom. The molecule has 4 heteroatoms. The van der Waals surface area contributed by atoms with Gasteiger partial charge in [-0.15, -0.1) is 0 Å². The molecule has 21 heavy (non-hydrogen) atoms. The molecule has 1 amide bonds. The largest absolute Gasteiger partial charge is 0.353 e. The van der Waals surface area contributed by atoms with E-state index in [1.165, 1.54) is 24.8 Å². The molecule has 0 unspecified atom stereocenters. The maximum absolute atomic E-state index is 12.0. The summed E-state index contributed by atoms with van der Waals surface area (Å²) in [6.45, 7) is 1.68. The Kier molecular flexibility index (Phi) is 6.71. The molecular formula is C17H25BrN2O. The molecule has 0 bridgehead atoms. The molecule has 0 atom stereocenters. The summed E-state index contributed by atoms with van der Waals surface area (Å²) in [4.78, 5) is 14.2. The first-order chi connectivity index (χ1) is 10.1. The third kappa shape index (κ3) is 6.18. The van der Waals surface area contributed by atoms with Crippen molar-refractivity contribution in [2.24, 2.45) is 0 Å². The van der Waals surface area contributed by atoms with Gasteiger partial charge in [0.25, 0.3) is 0 Å². The highest BCUT2D eigenvalue weighted by Gasteiger charge is 2.15. The molecule has 116 valence electrons. The number of hydrogen-bond donors (Lipinski definition) is 1. The van der Waals surface area contributed by atoms with E-state index in [0.717, 1.165) is 30.4 Å². The van der Waals surface area contributed by atoms with Gasteiger partial charge in [0.1, 0.15) is 0 Å². The number of carbonyl (C=O) groups is 1. The van der Waals surface area contributed by atoms with Gasteiger partial charge in [0, 0.05) is 30.0 Å². The highest BCUT2D eigenvalue weighted by molar-refractivity contribution is 9.10. The van der Waals surface area contributed by atoms with Crippen LogP contribution in [0.3, 0.4) is 0 Å². The van der Waals surface area contributed by atoms with Crippen molar-refractivity contribution in [2.45, 2.75) is 51.1 Å². The van der Waals surface area contributed by atoms with E-state index < -0.39 is 0 Å². The Balaban J connectivity index is 1.66. The Bertz CT molecular complexity index is 441. The Morgan fingerprint density at radius 1 is 1.24 bits per heavy atom. The van der Waals surface area contributed by atoms with Crippen molar-refractivity contribution in [2.75, 3.05) is 13.6 Å². The summed E-state index contributed by atoms with van der Waals surface area (Å²) in [5.74, 6) is 0.199. The second kappa shape index (κ2) is 8.54. The van der Waals surface area contributed by atoms with E-state index in [1.54, 1.807) is 0 Å². The predicted octanol–water partition coefficient (Wildman–Crippen LogP) is 3.72. The molecule has 0 spiro atoms. The minimum absolute atomic E-state index is 0.199. The molecule has 3 nitrogen and oxygen atoms in total. The number of nitrogens with zero attached hydrogens (tertiary/aromatic N) is 1. The average Bonchev–Trinajstić information content (AvgIpc) is 2.49. The number of rotatable bonds is 6. The normalized spacial score (nSPS) is 16.1. The van der Waals surface area contributed by atoms with Crippen molar-refractivity contribution in [1.29, 1.82) is 0 Å². The molecular weight excluding hydrogens is 328 g/mol. The first kappa shape index (κ1) is 16.5.